The van der Waals surface area contributed by atoms with Gasteiger partial charge in [-0.05, 0) is 33.8 Å². The standard InChI is InChI=1S/C12H19BN2O4S/c1-11(2)12(3,4)19-13(18-11)9-8(14)6-7-15-10(9)20(5,16)17/h6-7H,1-5H3,(H2,14,15). The van der Waals surface area contributed by atoms with Crippen molar-refractivity contribution < 1.29 is 17.7 Å². The highest BCUT2D eigenvalue weighted by Gasteiger charge is 2.53. The van der Waals surface area contributed by atoms with Crippen LogP contribution in [0.3, 0.4) is 0 Å². The summed E-state index contributed by atoms with van der Waals surface area (Å²) in [5, 5.41) is -0.101. The van der Waals surface area contributed by atoms with Crippen LogP contribution in [0.1, 0.15) is 27.7 Å². The van der Waals surface area contributed by atoms with Crippen LogP contribution in [0.2, 0.25) is 0 Å². The van der Waals surface area contributed by atoms with Crippen LogP contribution >= 0.6 is 0 Å². The number of nitrogen functional groups attached to an aromatic ring is 1. The third-order valence-electron chi connectivity index (χ3n) is 3.83. The van der Waals surface area contributed by atoms with E-state index in [0.29, 0.717) is 5.69 Å². The predicted octanol–water partition coefficient (Wildman–Crippen LogP) is 0.366. The molecule has 0 bridgehead atoms. The van der Waals surface area contributed by atoms with E-state index in [0.717, 1.165) is 6.26 Å². The van der Waals surface area contributed by atoms with Crippen LogP contribution < -0.4 is 11.2 Å². The van der Waals surface area contributed by atoms with Crippen molar-refractivity contribution in [2.45, 2.75) is 43.9 Å². The molecule has 0 aromatic carbocycles. The number of nitrogens with two attached hydrogens (primary N) is 1. The molecule has 0 spiro atoms. The molecule has 1 aromatic heterocycles. The van der Waals surface area contributed by atoms with Gasteiger partial charge in [-0.2, -0.15) is 0 Å². The number of sulfone groups is 1. The van der Waals surface area contributed by atoms with E-state index in [1.165, 1.54) is 12.3 Å². The molecule has 0 saturated carbocycles. The Balaban J connectivity index is 2.56. The molecule has 0 atom stereocenters. The summed E-state index contributed by atoms with van der Waals surface area (Å²) in [5.41, 5.74) is 5.32. The fraction of sp³-hybridized carbons (Fsp3) is 0.583. The summed E-state index contributed by atoms with van der Waals surface area (Å²) in [4.78, 5) is 3.92. The smallest absolute Gasteiger partial charge is 0.399 e. The van der Waals surface area contributed by atoms with Gasteiger partial charge >= 0.3 is 7.12 Å². The molecule has 1 saturated heterocycles. The summed E-state index contributed by atoms with van der Waals surface area (Å²) in [6, 6.07) is 1.54. The van der Waals surface area contributed by atoms with Crippen LogP contribution in [-0.4, -0.2) is 38.0 Å². The van der Waals surface area contributed by atoms with Crippen molar-refractivity contribution in [3.63, 3.8) is 0 Å². The Morgan fingerprint density at radius 1 is 1.20 bits per heavy atom. The van der Waals surface area contributed by atoms with Crippen molar-refractivity contribution in [2.24, 2.45) is 0 Å². The van der Waals surface area contributed by atoms with Gasteiger partial charge in [0.25, 0.3) is 0 Å². The number of hydrogen-bond donors (Lipinski definition) is 1. The highest BCUT2D eigenvalue weighted by atomic mass is 32.2. The lowest BCUT2D eigenvalue weighted by atomic mass is 9.79. The topological polar surface area (TPSA) is 91.5 Å². The Bertz CT molecular complexity index is 627. The molecule has 1 fully saturated rings. The molecule has 110 valence electrons. The zero-order valence-electron chi connectivity index (χ0n) is 12.3. The molecule has 6 nitrogen and oxygen atoms in total. The monoisotopic (exact) mass is 298 g/mol. The molecule has 2 rings (SSSR count). The van der Waals surface area contributed by atoms with Crippen molar-refractivity contribution >= 4 is 28.1 Å². The highest BCUT2D eigenvalue weighted by molar-refractivity contribution is 7.90. The normalized spacial score (nSPS) is 21.1. The van der Waals surface area contributed by atoms with Gasteiger partial charge in [0.2, 0.25) is 0 Å². The van der Waals surface area contributed by atoms with Gasteiger partial charge in [-0.3, -0.25) is 0 Å². The second-order valence-electron chi connectivity index (χ2n) is 5.98. The van der Waals surface area contributed by atoms with Gasteiger partial charge < -0.3 is 15.0 Å². The zero-order valence-corrected chi connectivity index (χ0v) is 13.1. The Labute approximate surface area is 119 Å². The largest absolute Gasteiger partial charge is 0.499 e. The van der Waals surface area contributed by atoms with Crippen LogP contribution in [0.25, 0.3) is 0 Å². The minimum atomic E-state index is -3.52. The third-order valence-corrected chi connectivity index (χ3v) is 4.86. The fourth-order valence-electron chi connectivity index (χ4n) is 1.96. The van der Waals surface area contributed by atoms with Gasteiger partial charge in [0.1, 0.15) is 0 Å². The number of hydrogen-bond acceptors (Lipinski definition) is 6. The second-order valence-corrected chi connectivity index (χ2v) is 7.91. The van der Waals surface area contributed by atoms with Crippen molar-refractivity contribution in [1.82, 2.24) is 4.98 Å². The molecule has 0 aliphatic carbocycles. The number of nitrogens with zero attached hydrogens (tertiary/aromatic N) is 1. The van der Waals surface area contributed by atoms with Crippen LogP contribution in [0, 0.1) is 0 Å². The summed E-state index contributed by atoms with van der Waals surface area (Å²) >= 11 is 0. The van der Waals surface area contributed by atoms with Gasteiger partial charge in [-0.1, -0.05) is 0 Å². The summed E-state index contributed by atoms with van der Waals surface area (Å²) in [6.07, 6.45) is 2.45. The van der Waals surface area contributed by atoms with E-state index in [9.17, 15) is 8.42 Å². The summed E-state index contributed by atoms with van der Waals surface area (Å²) in [7, 11) is -4.37. The van der Waals surface area contributed by atoms with Crippen LogP contribution in [0.5, 0.6) is 0 Å². The summed E-state index contributed by atoms with van der Waals surface area (Å²) in [5.74, 6) is 0. The van der Waals surface area contributed by atoms with E-state index in [4.69, 9.17) is 15.0 Å². The van der Waals surface area contributed by atoms with E-state index < -0.39 is 28.2 Å². The van der Waals surface area contributed by atoms with E-state index in [1.54, 1.807) is 0 Å². The van der Waals surface area contributed by atoms with Crippen molar-refractivity contribution in [2.75, 3.05) is 12.0 Å². The quantitative estimate of drug-likeness (QED) is 0.793. The average molecular weight is 298 g/mol. The first-order chi connectivity index (χ1) is 8.96. The SMILES string of the molecule is CC1(C)OB(c2c(N)ccnc2S(C)(=O)=O)OC1(C)C. The minimum absolute atomic E-state index is 0.101. The van der Waals surface area contributed by atoms with E-state index in [1.807, 2.05) is 27.7 Å². The van der Waals surface area contributed by atoms with Gasteiger partial charge in [0.15, 0.2) is 14.9 Å². The first-order valence-electron chi connectivity index (χ1n) is 6.26. The molecule has 2 N–H and O–H groups in total. The lowest BCUT2D eigenvalue weighted by molar-refractivity contribution is 0.00578. The average Bonchev–Trinajstić information content (AvgIpc) is 2.46. The van der Waals surface area contributed by atoms with Gasteiger partial charge in [-0.25, -0.2) is 13.4 Å². The molecule has 1 aromatic rings. The number of anilines is 1. The maximum atomic E-state index is 11.9. The van der Waals surface area contributed by atoms with E-state index >= 15 is 0 Å². The Hall–Kier alpha value is -1.12. The molecular weight excluding hydrogens is 279 g/mol. The van der Waals surface area contributed by atoms with Gasteiger partial charge in [-0.15, -0.1) is 0 Å². The van der Waals surface area contributed by atoms with E-state index in [2.05, 4.69) is 4.98 Å². The first-order valence-corrected chi connectivity index (χ1v) is 8.15. The Morgan fingerprint density at radius 3 is 2.15 bits per heavy atom. The van der Waals surface area contributed by atoms with Gasteiger partial charge in [0, 0.05) is 23.6 Å². The van der Waals surface area contributed by atoms with Crippen molar-refractivity contribution in [3.8, 4) is 0 Å². The lowest BCUT2D eigenvalue weighted by Gasteiger charge is -2.32. The van der Waals surface area contributed by atoms with Crippen LogP contribution in [-0.2, 0) is 19.1 Å². The maximum absolute atomic E-state index is 11.9. The third kappa shape index (κ3) is 2.43. The molecule has 2 heterocycles. The summed E-state index contributed by atoms with van der Waals surface area (Å²) < 4.78 is 35.4. The van der Waals surface area contributed by atoms with E-state index in [-0.39, 0.29) is 10.5 Å². The fourth-order valence-corrected chi connectivity index (χ4v) is 2.83. The minimum Gasteiger partial charge on any atom is -0.399 e. The van der Waals surface area contributed by atoms with Crippen LogP contribution in [0.4, 0.5) is 5.69 Å². The molecule has 0 amide bonds. The molecule has 20 heavy (non-hydrogen) atoms. The van der Waals surface area contributed by atoms with Gasteiger partial charge in [0.05, 0.1) is 11.2 Å². The molecular formula is C12H19BN2O4S. The number of aromatic nitrogens is 1. The van der Waals surface area contributed by atoms with Crippen molar-refractivity contribution in [1.29, 1.82) is 0 Å². The van der Waals surface area contributed by atoms with Crippen LogP contribution in [0.15, 0.2) is 17.3 Å². The second kappa shape index (κ2) is 4.44. The van der Waals surface area contributed by atoms with Crippen molar-refractivity contribution in [3.05, 3.63) is 12.3 Å². The first kappa shape index (κ1) is 15.3. The maximum Gasteiger partial charge on any atom is 0.499 e. The zero-order chi connectivity index (χ0) is 15.3. The Kier molecular flexibility index (Phi) is 3.39. The molecule has 0 unspecified atom stereocenters. The molecule has 0 radical (unpaired) electrons. The molecule has 8 heteroatoms. The predicted molar refractivity (Wildman–Crippen MR) is 77.5 cm³/mol. The molecule has 1 aliphatic rings. The highest BCUT2D eigenvalue weighted by Crippen LogP contribution is 2.37. The Morgan fingerprint density at radius 2 is 1.70 bits per heavy atom. The number of rotatable bonds is 2. The number of pyridine rings is 1. The lowest BCUT2D eigenvalue weighted by Crippen LogP contribution is -2.41. The molecule has 1 aliphatic heterocycles. The summed E-state index contributed by atoms with van der Waals surface area (Å²) in [6.45, 7) is 7.55.